The summed E-state index contributed by atoms with van der Waals surface area (Å²) in [6.45, 7) is 1.71. The van der Waals surface area contributed by atoms with Crippen LogP contribution in [-0.4, -0.2) is 44.8 Å². The number of benzene rings is 1. The topological polar surface area (TPSA) is 85.0 Å². The van der Waals surface area contributed by atoms with Crippen molar-refractivity contribution >= 4 is 28.7 Å². The van der Waals surface area contributed by atoms with Crippen LogP contribution >= 0.6 is 0 Å². The Morgan fingerprint density at radius 2 is 2.00 bits per heavy atom. The third-order valence-electron chi connectivity index (χ3n) is 6.01. The van der Waals surface area contributed by atoms with Crippen LogP contribution in [0.4, 0.5) is 17.2 Å². The van der Waals surface area contributed by atoms with Crippen molar-refractivity contribution in [1.29, 1.82) is 0 Å². The summed E-state index contributed by atoms with van der Waals surface area (Å²) >= 11 is 0. The van der Waals surface area contributed by atoms with Gasteiger partial charge in [-0.05, 0) is 30.2 Å². The number of carbonyl (C=O) groups is 1. The molecule has 0 N–H and O–H groups in total. The van der Waals surface area contributed by atoms with E-state index in [1.54, 1.807) is 30.4 Å². The Hall–Kier alpha value is -4.14. The number of pyridine rings is 2. The van der Waals surface area contributed by atoms with Crippen molar-refractivity contribution in [1.82, 2.24) is 19.2 Å². The molecule has 3 aromatic heterocycles. The predicted molar refractivity (Wildman–Crippen MR) is 119 cm³/mol. The van der Waals surface area contributed by atoms with E-state index in [-0.39, 0.29) is 11.6 Å². The second-order valence-electron chi connectivity index (χ2n) is 7.90. The van der Waals surface area contributed by atoms with E-state index in [0.29, 0.717) is 42.5 Å². The number of amides is 1. The Labute approximate surface area is 183 Å². The van der Waals surface area contributed by atoms with E-state index in [4.69, 9.17) is 4.74 Å². The van der Waals surface area contributed by atoms with Gasteiger partial charge in [0.1, 0.15) is 6.61 Å². The first-order chi connectivity index (χ1) is 15.6. The van der Waals surface area contributed by atoms with Gasteiger partial charge in [0.25, 0.3) is 5.91 Å². The Morgan fingerprint density at radius 3 is 2.91 bits per heavy atom. The third-order valence-corrected chi connectivity index (χ3v) is 6.01. The maximum Gasteiger partial charge on any atom is 0.350 e. The summed E-state index contributed by atoms with van der Waals surface area (Å²) in [5.41, 5.74) is 3.85. The minimum absolute atomic E-state index is 0.0831. The molecule has 0 atom stereocenters. The van der Waals surface area contributed by atoms with E-state index in [9.17, 15) is 9.59 Å². The molecule has 0 saturated carbocycles. The van der Waals surface area contributed by atoms with Crippen LogP contribution in [0, 0.1) is 0 Å². The number of rotatable bonds is 2. The van der Waals surface area contributed by atoms with E-state index in [2.05, 4.69) is 16.1 Å². The molecule has 0 bridgehead atoms. The van der Waals surface area contributed by atoms with Crippen LogP contribution in [-0.2, 0) is 13.5 Å². The molecule has 160 valence electrons. The van der Waals surface area contributed by atoms with Crippen LogP contribution in [0.5, 0.6) is 5.75 Å². The Kier molecular flexibility index (Phi) is 4.04. The second-order valence-corrected chi connectivity index (χ2v) is 7.90. The first-order valence-corrected chi connectivity index (χ1v) is 10.5. The van der Waals surface area contributed by atoms with Crippen LogP contribution < -0.4 is 20.2 Å². The number of nitrogens with zero attached hydrogens (tertiary/aromatic N) is 6. The molecule has 0 unspecified atom stereocenters. The van der Waals surface area contributed by atoms with Crippen molar-refractivity contribution in [2.24, 2.45) is 7.05 Å². The van der Waals surface area contributed by atoms with Gasteiger partial charge in [0.15, 0.2) is 17.2 Å². The standard InChI is InChI=1S/C23H20N6O3/c1-26-23(31)29-9-7-17(13-20(29)25-26)27-10-11-32-19-12-16(14-24-21(19)27)22(30)28-8-6-15-4-2-3-5-18(15)28/h2-5,7,9,12-14H,6,8,10-11H2,1H3. The molecule has 5 heterocycles. The van der Waals surface area contributed by atoms with Gasteiger partial charge in [-0.3, -0.25) is 9.20 Å². The molecule has 0 fully saturated rings. The van der Waals surface area contributed by atoms with E-state index in [0.717, 1.165) is 17.8 Å². The van der Waals surface area contributed by atoms with Crippen molar-refractivity contribution in [2.75, 3.05) is 29.5 Å². The zero-order chi connectivity index (χ0) is 21.8. The van der Waals surface area contributed by atoms with Gasteiger partial charge in [-0.15, -0.1) is 0 Å². The van der Waals surface area contributed by atoms with E-state index in [1.165, 1.54) is 14.6 Å². The van der Waals surface area contributed by atoms with Gasteiger partial charge in [-0.2, -0.15) is 5.10 Å². The highest BCUT2D eigenvalue weighted by atomic mass is 16.5. The highest BCUT2D eigenvalue weighted by Gasteiger charge is 2.28. The summed E-state index contributed by atoms with van der Waals surface area (Å²) in [5, 5.41) is 4.26. The molecule has 0 aliphatic carbocycles. The molecule has 32 heavy (non-hydrogen) atoms. The number of carbonyl (C=O) groups excluding carboxylic acids is 1. The fourth-order valence-corrected chi connectivity index (χ4v) is 4.41. The molecule has 9 heteroatoms. The van der Waals surface area contributed by atoms with Crippen LogP contribution in [0.25, 0.3) is 5.65 Å². The summed E-state index contributed by atoms with van der Waals surface area (Å²) in [4.78, 5) is 33.7. The molecule has 2 aliphatic heterocycles. The molecule has 9 nitrogen and oxygen atoms in total. The summed E-state index contributed by atoms with van der Waals surface area (Å²) in [6.07, 6.45) is 4.16. The first-order valence-electron chi connectivity index (χ1n) is 10.5. The monoisotopic (exact) mass is 428 g/mol. The zero-order valence-electron chi connectivity index (χ0n) is 17.4. The van der Waals surface area contributed by atoms with E-state index in [1.807, 2.05) is 35.2 Å². The SMILES string of the molecule is Cn1nc2cc(N3CCOc4cc(C(=O)N5CCc6ccccc65)cnc43)ccn2c1=O. The fourth-order valence-electron chi connectivity index (χ4n) is 4.41. The smallest absolute Gasteiger partial charge is 0.350 e. The molecular weight excluding hydrogens is 408 g/mol. The maximum absolute atomic E-state index is 13.2. The van der Waals surface area contributed by atoms with Gasteiger partial charge in [0.05, 0.1) is 12.1 Å². The molecular formula is C23H20N6O3. The highest BCUT2D eigenvalue weighted by Crippen LogP contribution is 2.36. The average Bonchev–Trinajstić information content (AvgIpc) is 3.38. The van der Waals surface area contributed by atoms with Crippen LogP contribution in [0.3, 0.4) is 0 Å². The maximum atomic E-state index is 13.2. The van der Waals surface area contributed by atoms with Crippen LogP contribution in [0.15, 0.2) is 59.7 Å². The van der Waals surface area contributed by atoms with Gasteiger partial charge in [0, 0.05) is 43.4 Å². The highest BCUT2D eigenvalue weighted by molar-refractivity contribution is 6.07. The lowest BCUT2D eigenvalue weighted by Gasteiger charge is -2.30. The number of aryl methyl sites for hydroxylation is 1. The Bertz CT molecular complexity index is 1440. The van der Waals surface area contributed by atoms with Crippen molar-refractivity contribution in [3.05, 3.63) is 76.5 Å². The predicted octanol–water partition coefficient (Wildman–Crippen LogP) is 2.16. The largest absolute Gasteiger partial charge is 0.488 e. The van der Waals surface area contributed by atoms with Gasteiger partial charge in [-0.25, -0.2) is 14.5 Å². The molecule has 0 radical (unpaired) electrons. The molecule has 2 aliphatic rings. The lowest BCUT2D eigenvalue weighted by Crippen LogP contribution is -2.31. The van der Waals surface area contributed by atoms with Crippen molar-refractivity contribution in [2.45, 2.75) is 6.42 Å². The normalized spacial score (nSPS) is 14.9. The fraction of sp³-hybridized carbons (Fsp3) is 0.217. The van der Waals surface area contributed by atoms with Crippen molar-refractivity contribution < 1.29 is 9.53 Å². The van der Waals surface area contributed by atoms with E-state index >= 15 is 0 Å². The van der Waals surface area contributed by atoms with Crippen LogP contribution in [0.1, 0.15) is 15.9 Å². The summed E-state index contributed by atoms with van der Waals surface area (Å²) in [7, 11) is 1.62. The van der Waals surface area contributed by atoms with Gasteiger partial charge < -0.3 is 14.5 Å². The molecule has 6 rings (SSSR count). The molecule has 4 aromatic rings. The summed E-state index contributed by atoms with van der Waals surface area (Å²) in [5.74, 6) is 1.12. The summed E-state index contributed by atoms with van der Waals surface area (Å²) in [6, 6.07) is 13.4. The summed E-state index contributed by atoms with van der Waals surface area (Å²) < 4.78 is 8.66. The lowest BCUT2D eigenvalue weighted by atomic mass is 10.1. The molecule has 1 aromatic carbocycles. The van der Waals surface area contributed by atoms with Gasteiger partial charge in [0.2, 0.25) is 0 Å². The molecule has 1 amide bonds. The minimum atomic E-state index is -0.196. The number of ether oxygens (including phenoxy) is 1. The lowest BCUT2D eigenvalue weighted by molar-refractivity contribution is 0.0988. The number of fused-ring (bicyclic) bond motifs is 3. The van der Waals surface area contributed by atoms with Crippen molar-refractivity contribution in [3.63, 3.8) is 0 Å². The molecule has 0 spiro atoms. The third kappa shape index (κ3) is 2.78. The zero-order valence-corrected chi connectivity index (χ0v) is 17.4. The number of hydrogen-bond acceptors (Lipinski definition) is 6. The second kappa shape index (κ2) is 6.94. The Balaban J connectivity index is 1.34. The number of hydrogen-bond donors (Lipinski definition) is 0. The van der Waals surface area contributed by atoms with Crippen LogP contribution in [0.2, 0.25) is 0 Å². The first kappa shape index (κ1) is 18.6. The molecule has 0 saturated heterocycles. The van der Waals surface area contributed by atoms with Crippen molar-refractivity contribution in [3.8, 4) is 5.75 Å². The average molecular weight is 428 g/mol. The number of para-hydroxylation sites is 1. The number of aromatic nitrogens is 4. The van der Waals surface area contributed by atoms with Gasteiger partial charge >= 0.3 is 5.69 Å². The van der Waals surface area contributed by atoms with Gasteiger partial charge in [-0.1, -0.05) is 18.2 Å². The minimum Gasteiger partial charge on any atom is -0.488 e. The quantitative estimate of drug-likeness (QED) is 0.487. The number of anilines is 3. The van der Waals surface area contributed by atoms with E-state index < -0.39 is 0 Å². The Morgan fingerprint density at radius 1 is 1.12 bits per heavy atom.